The molecule has 2 amide bonds. The summed E-state index contributed by atoms with van der Waals surface area (Å²) in [6.07, 6.45) is -4.42. The van der Waals surface area contributed by atoms with Crippen molar-refractivity contribution in [3.63, 3.8) is 0 Å². The normalized spacial score (nSPS) is 15.2. The molecule has 0 aromatic heterocycles. The fraction of sp³-hybridized carbons (Fsp3) is 0.300. The molecule has 9 heteroatoms. The van der Waals surface area contributed by atoms with Crippen molar-refractivity contribution in [1.82, 2.24) is 9.80 Å². The largest absolute Gasteiger partial charge is 0.416 e. The van der Waals surface area contributed by atoms with Crippen LogP contribution in [0.25, 0.3) is 0 Å². The van der Waals surface area contributed by atoms with Gasteiger partial charge in [0.2, 0.25) is 5.91 Å². The number of rotatable bonds is 4. The minimum Gasteiger partial charge on any atom is -0.336 e. The summed E-state index contributed by atoms with van der Waals surface area (Å²) in [6, 6.07) is 9.57. The van der Waals surface area contributed by atoms with E-state index in [4.69, 9.17) is 0 Å². The molecule has 1 aliphatic rings. The summed E-state index contributed by atoms with van der Waals surface area (Å²) in [7, 11) is 0. The lowest BCUT2D eigenvalue weighted by Crippen LogP contribution is -2.50. The fourth-order valence-electron chi connectivity index (χ4n) is 3.03. The number of piperazine rings is 1. The van der Waals surface area contributed by atoms with E-state index in [1.807, 2.05) is 4.90 Å². The number of anilines is 1. The highest BCUT2D eigenvalue weighted by Gasteiger charge is 2.30. The van der Waals surface area contributed by atoms with E-state index in [1.54, 1.807) is 4.90 Å². The number of hydrogen-bond donors (Lipinski definition) is 1. The van der Waals surface area contributed by atoms with Crippen molar-refractivity contribution in [2.45, 2.75) is 6.18 Å². The second kappa shape index (κ2) is 8.60. The van der Waals surface area contributed by atoms with Crippen molar-refractivity contribution < 1.29 is 27.2 Å². The molecule has 154 valence electrons. The zero-order valence-electron chi connectivity index (χ0n) is 15.4. The maximum Gasteiger partial charge on any atom is 0.416 e. The van der Waals surface area contributed by atoms with E-state index in [0.717, 1.165) is 12.1 Å². The van der Waals surface area contributed by atoms with Crippen LogP contribution in [0.15, 0.2) is 48.5 Å². The Hall–Kier alpha value is -2.94. The number of carbonyl (C=O) groups is 2. The first-order valence-electron chi connectivity index (χ1n) is 8.97. The van der Waals surface area contributed by atoms with Crippen LogP contribution in [0, 0.1) is 5.82 Å². The van der Waals surface area contributed by atoms with Crippen LogP contribution >= 0.6 is 0 Å². The lowest BCUT2D eigenvalue weighted by Gasteiger charge is -2.34. The van der Waals surface area contributed by atoms with Crippen molar-refractivity contribution in [2.24, 2.45) is 0 Å². The van der Waals surface area contributed by atoms with Gasteiger partial charge in [0.15, 0.2) is 0 Å². The van der Waals surface area contributed by atoms with Gasteiger partial charge >= 0.3 is 6.18 Å². The van der Waals surface area contributed by atoms with E-state index in [-0.39, 0.29) is 24.0 Å². The van der Waals surface area contributed by atoms with Gasteiger partial charge < -0.3 is 10.2 Å². The van der Waals surface area contributed by atoms with E-state index in [9.17, 15) is 27.2 Å². The Labute approximate surface area is 164 Å². The molecular formula is C20H19F4N3O2. The molecule has 3 rings (SSSR count). The molecule has 0 aliphatic carbocycles. The first-order valence-corrected chi connectivity index (χ1v) is 8.97. The predicted octanol–water partition coefficient (Wildman–Crippen LogP) is 3.24. The van der Waals surface area contributed by atoms with Crippen LogP contribution in [0.3, 0.4) is 0 Å². The molecule has 0 saturated carbocycles. The molecule has 0 atom stereocenters. The molecule has 5 nitrogen and oxygen atoms in total. The van der Waals surface area contributed by atoms with Gasteiger partial charge in [-0.05, 0) is 48.5 Å². The van der Waals surface area contributed by atoms with Gasteiger partial charge in [0.05, 0.1) is 12.1 Å². The van der Waals surface area contributed by atoms with Crippen LogP contribution in [0.1, 0.15) is 15.9 Å². The third kappa shape index (κ3) is 5.54. The second-order valence-corrected chi connectivity index (χ2v) is 6.70. The van der Waals surface area contributed by atoms with Gasteiger partial charge in [0, 0.05) is 37.4 Å². The average Bonchev–Trinajstić information content (AvgIpc) is 2.68. The molecule has 0 spiro atoms. The van der Waals surface area contributed by atoms with Crippen molar-refractivity contribution in [3.05, 3.63) is 65.5 Å². The molecule has 0 radical (unpaired) electrons. The fourth-order valence-corrected chi connectivity index (χ4v) is 3.03. The molecule has 0 bridgehead atoms. The molecular weight excluding hydrogens is 390 g/mol. The highest BCUT2D eigenvalue weighted by Crippen LogP contribution is 2.29. The lowest BCUT2D eigenvalue weighted by molar-refractivity contribution is -0.137. The van der Waals surface area contributed by atoms with Crippen molar-refractivity contribution in [2.75, 3.05) is 38.0 Å². The predicted molar refractivity (Wildman–Crippen MR) is 98.8 cm³/mol. The number of nitrogens with zero attached hydrogens (tertiary/aromatic N) is 2. The Bertz CT molecular complexity index is 859. The minimum absolute atomic E-state index is 0.0690. The zero-order valence-corrected chi connectivity index (χ0v) is 15.4. The summed E-state index contributed by atoms with van der Waals surface area (Å²) < 4.78 is 50.7. The number of hydrogen-bond acceptors (Lipinski definition) is 3. The number of alkyl halides is 3. The van der Waals surface area contributed by atoms with Gasteiger partial charge in [0.25, 0.3) is 5.91 Å². The first kappa shape index (κ1) is 20.8. The van der Waals surface area contributed by atoms with E-state index < -0.39 is 17.6 Å². The third-order valence-electron chi connectivity index (χ3n) is 4.61. The number of benzene rings is 2. The number of nitrogens with one attached hydrogen (secondary N) is 1. The van der Waals surface area contributed by atoms with Crippen LogP contribution in [0.2, 0.25) is 0 Å². The molecule has 1 aliphatic heterocycles. The second-order valence-electron chi connectivity index (χ2n) is 6.70. The summed E-state index contributed by atoms with van der Waals surface area (Å²) in [6.45, 7) is 1.87. The van der Waals surface area contributed by atoms with Crippen molar-refractivity contribution in [1.29, 1.82) is 0 Å². The van der Waals surface area contributed by atoms with E-state index in [0.29, 0.717) is 31.7 Å². The zero-order chi connectivity index (χ0) is 21.0. The maximum atomic E-state index is 13.0. The van der Waals surface area contributed by atoms with Crippen molar-refractivity contribution in [3.8, 4) is 0 Å². The number of carbonyl (C=O) groups excluding carboxylic acids is 2. The first-order chi connectivity index (χ1) is 13.7. The Kier molecular flexibility index (Phi) is 6.17. The summed E-state index contributed by atoms with van der Waals surface area (Å²) in [5, 5.41) is 2.57. The Balaban J connectivity index is 1.47. The molecule has 1 fully saturated rings. The number of amides is 2. The van der Waals surface area contributed by atoms with E-state index >= 15 is 0 Å². The molecule has 1 saturated heterocycles. The quantitative estimate of drug-likeness (QED) is 0.789. The van der Waals surface area contributed by atoms with Gasteiger partial charge in [-0.15, -0.1) is 0 Å². The van der Waals surface area contributed by atoms with Gasteiger partial charge in [-0.25, -0.2) is 4.39 Å². The van der Waals surface area contributed by atoms with Crippen LogP contribution in [0.5, 0.6) is 0 Å². The highest BCUT2D eigenvalue weighted by molar-refractivity contribution is 5.94. The van der Waals surface area contributed by atoms with E-state index in [1.165, 1.54) is 36.4 Å². The summed E-state index contributed by atoms with van der Waals surface area (Å²) in [5.74, 6) is -0.952. The van der Waals surface area contributed by atoms with Crippen LogP contribution in [-0.2, 0) is 11.0 Å². The summed E-state index contributed by atoms with van der Waals surface area (Å²) in [4.78, 5) is 28.0. The molecule has 29 heavy (non-hydrogen) atoms. The van der Waals surface area contributed by atoms with Gasteiger partial charge in [-0.2, -0.15) is 13.2 Å². The molecule has 2 aromatic rings. The molecule has 0 unspecified atom stereocenters. The Morgan fingerprint density at radius 1 is 0.897 bits per heavy atom. The topological polar surface area (TPSA) is 52.7 Å². The van der Waals surface area contributed by atoms with Crippen LogP contribution in [0.4, 0.5) is 23.2 Å². The molecule has 1 heterocycles. The Morgan fingerprint density at radius 2 is 1.48 bits per heavy atom. The minimum atomic E-state index is -4.42. The number of halogens is 4. The third-order valence-corrected chi connectivity index (χ3v) is 4.61. The smallest absolute Gasteiger partial charge is 0.336 e. The van der Waals surface area contributed by atoms with Gasteiger partial charge in [-0.1, -0.05) is 0 Å². The average molecular weight is 409 g/mol. The van der Waals surface area contributed by atoms with Crippen molar-refractivity contribution >= 4 is 17.5 Å². The Morgan fingerprint density at radius 3 is 2.03 bits per heavy atom. The van der Waals surface area contributed by atoms with Crippen LogP contribution in [-0.4, -0.2) is 54.3 Å². The highest BCUT2D eigenvalue weighted by atomic mass is 19.4. The molecule has 1 N–H and O–H groups in total. The van der Waals surface area contributed by atoms with Gasteiger partial charge in [-0.3, -0.25) is 14.5 Å². The van der Waals surface area contributed by atoms with Crippen LogP contribution < -0.4 is 5.32 Å². The SMILES string of the molecule is O=C(CN1CCN(C(=O)c2ccc(F)cc2)CC1)Nc1ccc(C(F)(F)F)cc1. The van der Waals surface area contributed by atoms with Gasteiger partial charge in [0.1, 0.15) is 5.82 Å². The standard InChI is InChI=1S/C20H19F4N3O2/c21-16-5-1-14(2-6-16)19(29)27-11-9-26(10-12-27)13-18(28)25-17-7-3-15(4-8-17)20(22,23)24/h1-8H,9-13H2,(H,25,28). The maximum absolute atomic E-state index is 13.0. The summed E-state index contributed by atoms with van der Waals surface area (Å²) in [5.41, 5.74) is -0.0922. The monoisotopic (exact) mass is 409 g/mol. The van der Waals surface area contributed by atoms with E-state index in [2.05, 4.69) is 5.32 Å². The molecule has 2 aromatic carbocycles. The lowest BCUT2D eigenvalue weighted by atomic mass is 10.1. The summed E-state index contributed by atoms with van der Waals surface area (Å²) >= 11 is 0.